The molecule has 1 heterocycles. The minimum absolute atomic E-state index is 1.00. The Morgan fingerprint density at radius 3 is 2.36 bits per heavy atom. The van der Waals surface area contributed by atoms with Gasteiger partial charge in [-0.2, -0.15) is 0 Å². The molecule has 2 aliphatic carbocycles. The lowest BCUT2D eigenvalue weighted by molar-refractivity contribution is 0.144. The first-order chi connectivity index (χ1) is 12.4. The number of hydrogen-bond acceptors (Lipinski definition) is 1. The van der Waals surface area contributed by atoms with Gasteiger partial charge in [0.15, 0.2) is 0 Å². The number of ether oxygens (including phenoxy) is 1. The Kier molecular flexibility index (Phi) is 5.32. The zero-order chi connectivity index (χ0) is 16.9. The second-order valence-corrected chi connectivity index (χ2v) is 7.28. The predicted octanol–water partition coefficient (Wildman–Crippen LogP) is 4.00. The van der Waals surface area contributed by atoms with Crippen LogP contribution in [-0.2, 0) is 17.6 Å². The molecular formula is C24H28O. The molecule has 3 aliphatic rings. The summed E-state index contributed by atoms with van der Waals surface area (Å²) < 4.78 is 5.19. The number of benzene rings is 2. The summed E-state index contributed by atoms with van der Waals surface area (Å²) in [6.45, 7) is 2.00. The monoisotopic (exact) mass is 332 g/mol. The Balaban J connectivity index is 0.000000190. The van der Waals surface area contributed by atoms with E-state index in [-0.39, 0.29) is 0 Å². The van der Waals surface area contributed by atoms with Gasteiger partial charge in [-0.15, -0.1) is 0 Å². The van der Waals surface area contributed by atoms with E-state index in [1.54, 1.807) is 11.1 Å². The van der Waals surface area contributed by atoms with E-state index in [1.807, 2.05) is 0 Å². The van der Waals surface area contributed by atoms with E-state index in [0.717, 1.165) is 19.6 Å². The van der Waals surface area contributed by atoms with Gasteiger partial charge in [-0.3, -0.25) is 0 Å². The Morgan fingerprint density at radius 1 is 0.640 bits per heavy atom. The fraction of sp³-hybridized carbons (Fsp3) is 0.417. The largest absolute Gasteiger partial charge is 0.381 e. The van der Waals surface area contributed by atoms with Crippen LogP contribution in [0.1, 0.15) is 49.7 Å². The van der Waals surface area contributed by atoms with Crippen molar-refractivity contribution in [2.24, 2.45) is 0 Å². The average Bonchev–Trinajstić information content (AvgIpc) is 3.01. The summed E-state index contributed by atoms with van der Waals surface area (Å²) in [5, 5.41) is 5.74. The molecule has 2 aromatic rings. The smallest absolute Gasteiger partial charge is 0.0466 e. The maximum atomic E-state index is 5.19. The standard InChI is InChI=1S/C18H16.C6H12O/c1-3-7-15-13(5-1)9-11-18-16-8-4-2-6-14(16)10-12-17(15)18;1-2-4-6-7-5-3-1/h1,3,5-7,9-10,12H,2,4,8,11H2;1-6H2. The second kappa shape index (κ2) is 8.01. The molecule has 1 aliphatic heterocycles. The molecule has 1 fully saturated rings. The number of hydrogen-bond donors (Lipinski definition) is 0. The van der Waals surface area contributed by atoms with Gasteiger partial charge in [0, 0.05) is 13.2 Å². The molecule has 0 amide bonds. The molecule has 5 rings (SSSR count). The summed E-state index contributed by atoms with van der Waals surface area (Å²) in [5.41, 5.74) is 3.17. The van der Waals surface area contributed by atoms with Crippen molar-refractivity contribution in [3.05, 3.63) is 68.4 Å². The van der Waals surface area contributed by atoms with Gasteiger partial charge in [-0.05, 0) is 70.5 Å². The average molecular weight is 332 g/mol. The highest BCUT2D eigenvalue weighted by atomic mass is 16.5. The van der Waals surface area contributed by atoms with E-state index in [0.29, 0.717) is 0 Å². The van der Waals surface area contributed by atoms with E-state index in [4.69, 9.17) is 4.74 Å². The van der Waals surface area contributed by atoms with E-state index in [9.17, 15) is 0 Å². The maximum absolute atomic E-state index is 5.19. The third-order valence-corrected chi connectivity index (χ3v) is 5.57. The third kappa shape index (κ3) is 3.72. The van der Waals surface area contributed by atoms with Gasteiger partial charge in [-0.25, -0.2) is 0 Å². The lowest BCUT2D eigenvalue weighted by Gasteiger charge is -2.16. The molecule has 25 heavy (non-hydrogen) atoms. The maximum Gasteiger partial charge on any atom is 0.0466 e. The van der Waals surface area contributed by atoms with Crippen LogP contribution in [-0.4, -0.2) is 13.2 Å². The molecule has 2 aromatic carbocycles. The van der Waals surface area contributed by atoms with Crippen LogP contribution in [0.25, 0.3) is 12.2 Å². The van der Waals surface area contributed by atoms with Crippen LogP contribution in [0.15, 0.2) is 36.4 Å². The molecule has 130 valence electrons. The van der Waals surface area contributed by atoms with E-state index in [1.165, 1.54) is 65.8 Å². The highest BCUT2D eigenvalue weighted by Crippen LogP contribution is 2.17. The molecule has 1 heteroatoms. The minimum atomic E-state index is 1.00. The summed E-state index contributed by atoms with van der Waals surface area (Å²) in [6.07, 6.45) is 15.0. The molecular weight excluding hydrogens is 304 g/mol. The summed E-state index contributed by atoms with van der Waals surface area (Å²) in [6, 6.07) is 13.4. The van der Waals surface area contributed by atoms with Crippen molar-refractivity contribution in [1.29, 1.82) is 0 Å². The van der Waals surface area contributed by atoms with Crippen molar-refractivity contribution < 1.29 is 4.74 Å². The molecule has 0 saturated carbocycles. The zero-order valence-corrected chi connectivity index (χ0v) is 15.1. The first kappa shape index (κ1) is 16.6. The van der Waals surface area contributed by atoms with Crippen molar-refractivity contribution in [2.75, 3.05) is 13.2 Å². The van der Waals surface area contributed by atoms with E-state index < -0.39 is 0 Å². The van der Waals surface area contributed by atoms with Crippen LogP contribution < -0.4 is 10.4 Å². The van der Waals surface area contributed by atoms with Crippen molar-refractivity contribution in [3.63, 3.8) is 0 Å². The Bertz CT molecular complexity index is 919. The predicted molar refractivity (Wildman–Crippen MR) is 105 cm³/mol. The van der Waals surface area contributed by atoms with Gasteiger partial charge in [0.2, 0.25) is 0 Å². The van der Waals surface area contributed by atoms with Crippen LogP contribution >= 0.6 is 0 Å². The number of fused-ring (bicyclic) bond motifs is 4. The zero-order valence-electron chi connectivity index (χ0n) is 15.1. The van der Waals surface area contributed by atoms with Crippen molar-refractivity contribution in [2.45, 2.75) is 51.4 Å². The van der Waals surface area contributed by atoms with E-state index >= 15 is 0 Å². The van der Waals surface area contributed by atoms with Crippen LogP contribution in [0.3, 0.4) is 0 Å². The van der Waals surface area contributed by atoms with Crippen LogP contribution in [0.2, 0.25) is 0 Å². The fourth-order valence-corrected chi connectivity index (χ4v) is 4.22. The molecule has 0 atom stereocenters. The van der Waals surface area contributed by atoms with Gasteiger partial charge in [-0.1, -0.05) is 61.4 Å². The first-order valence-electron chi connectivity index (χ1n) is 9.92. The Hall–Kier alpha value is -1.86. The fourth-order valence-electron chi connectivity index (χ4n) is 4.22. The lowest BCUT2D eigenvalue weighted by Crippen LogP contribution is -2.19. The Morgan fingerprint density at radius 2 is 1.48 bits per heavy atom. The van der Waals surface area contributed by atoms with Gasteiger partial charge in [0.25, 0.3) is 0 Å². The number of rotatable bonds is 0. The quantitative estimate of drug-likeness (QED) is 0.708. The normalized spacial score (nSPS) is 18.1. The van der Waals surface area contributed by atoms with Gasteiger partial charge < -0.3 is 4.74 Å². The molecule has 0 spiro atoms. The summed E-state index contributed by atoms with van der Waals surface area (Å²) in [4.78, 5) is 0. The third-order valence-electron chi connectivity index (χ3n) is 5.57. The molecule has 0 radical (unpaired) electrons. The highest BCUT2D eigenvalue weighted by Gasteiger charge is 2.10. The van der Waals surface area contributed by atoms with E-state index in [2.05, 4.69) is 48.6 Å². The second-order valence-electron chi connectivity index (χ2n) is 7.28. The Labute approximate surface area is 150 Å². The van der Waals surface area contributed by atoms with Gasteiger partial charge >= 0.3 is 0 Å². The minimum Gasteiger partial charge on any atom is -0.381 e. The van der Waals surface area contributed by atoms with Gasteiger partial charge in [0.05, 0.1) is 0 Å². The molecule has 1 nitrogen and oxygen atoms in total. The lowest BCUT2D eigenvalue weighted by atomic mass is 9.89. The molecule has 0 bridgehead atoms. The van der Waals surface area contributed by atoms with Crippen LogP contribution in [0.4, 0.5) is 0 Å². The molecule has 1 saturated heterocycles. The summed E-state index contributed by atoms with van der Waals surface area (Å²) in [7, 11) is 0. The van der Waals surface area contributed by atoms with Gasteiger partial charge in [0.1, 0.15) is 0 Å². The van der Waals surface area contributed by atoms with Crippen molar-refractivity contribution in [3.8, 4) is 0 Å². The highest BCUT2D eigenvalue weighted by molar-refractivity contribution is 5.47. The van der Waals surface area contributed by atoms with Crippen molar-refractivity contribution in [1.82, 2.24) is 0 Å². The topological polar surface area (TPSA) is 9.23 Å². The summed E-state index contributed by atoms with van der Waals surface area (Å²) >= 11 is 0. The van der Waals surface area contributed by atoms with Crippen LogP contribution in [0, 0.1) is 10.4 Å². The molecule has 0 aromatic heterocycles. The first-order valence-corrected chi connectivity index (χ1v) is 9.92. The van der Waals surface area contributed by atoms with Crippen LogP contribution in [0.5, 0.6) is 0 Å². The SMILES string of the molecule is C1=c2ccc3c(c2CCC1)CC=c1ccccc1=3.C1CCCOCC1. The molecule has 0 unspecified atom stereocenters. The van der Waals surface area contributed by atoms with Crippen molar-refractivity contribution >= 4 is 12.2 Å². The summed E-state index contributed by atoms with van der Waals surface area (Å²) in [5.74, 6) is 0. The molecule has 0 N–H and O–H groups in total.